The van der Waals surface area contributed by atoms with Gasteiger partial charge in [0.25, 0.3) is 5.91 Å². The molecule has 6 heteroatoms. The monoisotopic (exact) mass is 372 g/mol. The van der Waals surface area contributed by atoms with Gasteiger partial charge in [0.05, 0.1) is 13.2 Å². The molecule has 0 aromatic heterocycles. The van der Waals surface area contributed by atoms with E-state index in [9.17, 15) is 9.59 Å². The van der Waals surface area contributed by atoms with Gasteiger partial charge in [-0.15, -0.1) is 0 Å². The molecule has 4 rings (SSSR count). The van der Waals surface area contributed by atoms with E-state index in [2.05, 4.69) is 6.92 Å². The number of likely N-dealkylation sites (tertiary alicyclic amines) is 1. The molecule has 0 bridgehead atoms. The average Bonchev–Trinajstić information content (AvgIpc) is 3.53. The zero-order valence-electron chi connectivity index (χ0n) is 16.1. The van der Waals surface area contributed by atoms with Gasteiger partial charge in [-0.2, -0.15) is 0 Å². The summed E-state index contributed by atoms with van der Waals surface area (Å²) >= 11 is 0. The highest BCUT2D eigenvalue weighted by atomic mass is 16.5. The molecule has 0 N–H and O–H groups in total. The van der Waals surface area contributed by atoms with Crippen LogP contribution in [0.1, 0.15) is 44.2 Å². The second-order valence-electron chi connectivity index (χ2n) is 7.99. The third-order valence-corrected chi connectivity index (χ3v) is 6.00. The number of morpholine rings is 1. The lowest BCUT2D eigenvalue weighted by atomic mass is 9.94. The van der Waals surface area contributed by atoms with Crippen molar-refractivity contribution in [1.82, 2.24) is 9.80 Å². The molecule has 3 fully saturated rings. The topological polar surface area (TPSA) is 59.1 Å². The molecule has 1 aromatic rings. The standard InChI is InChI=1S/C21H28N2O4/c1-14-9-11-22(12-10-14)21(25)20-19(15-3-7-17(26-2)8-4-15)23(16-5-6-16)18(24)13-27-20/h3-4,7-8,14,16,19-20H,5-6,9-13H2,1-2H3. The van der Waals surface area contributed by atoms with E-state index in [0.717, 1.165) is 50.1 Å². The molecular weight excluding hydrogens is 344 g/mol. The highest BCUT2D eigenvalue weighted by molar-refractivity contribution is 5.87. The van der Waals surface area contributed by atoms with E-state index in [1.165, 1.54) is 0 Å². The number of benzene rings is 1. The first-order chi connectivity index (χ1) is 13.1. The normalized spacial score (nSPS) is 27.0. The molecule has 1 aromatic carbocycles. The van der Waals surface area contributed by atoms with Crippen molar-refractivity contribution in [3.8, 4) is 5.75 Å². The minimum Gasteiger partial charge on any atom is -0.497 e. The predicted octanol–water partition coefficient (Wildman–Crippen LogP) is 2.38. The summed E-state index contributed by atoms with van der Waals surface area (Å²) in [7, 11) is 1.63. The van der Waals surface area contributed by atoms with Crippen molar-refractivity contribution in [2.45, 2.75) is 50.8 Å². The fourth-order valence-electron chi connectivity index (χ4n) is 4.16. The highest BCUT2D eigenvalue weighted by Gasteiger charge is 2.48. The van der Waals surface area contributed by atoms with Crippen LogP contribution in [0.3, 0.4) is 0 Å². The lowest BCUT2D eigenvalue weighted by molar-refractivity contribution is -0.171. The molecule has 1 aliphatic carbocycles. The molecule has 2 saturated heterocycles. The van der Waals surface area contributed by atoms with Gasteiger partial charge < -0.3 is 19.3 Å². The molecule has 2 heterocycles. The summed E-state index contributed by atoms with van der Waals surface area (Å²) in [6, 6.07) is 7.51. The Morgan fingerprint density at radius 3 is 2.37 bits per heavy atom. The molecule has 3 aliphatic rings. The quantitative estimate of drug-likeness (QED) is 0.814. The number of methoxy groups -OCH3 is 1. The first-order valence-corrected chi connectivity index (χ1v) is 9.94. The Balaban J connectivity index is 1.63. The number of hydrogen-bond acceptors (Lipinski definition) is 4. The van der Waals surface area contributed by atoms with Crippen LogP contribution in [0.25, 0.3) is 0 Å². The van der Waals surface area contributed by atoms with E-state index in [0.29, 0.717) is 5.92 Å². The van der Waals surface area contributed by atoms with Gasteiger partial charge in [-0.3, -0.25) is 9.59 Å². The van der Waals surface area contributed by atoms with Crippen molar-refractivity contribution in [3.63, 3.8) is 0 Å². The first-order valence-electron chi connectivity index (χ1n) is 9.94. The molecule has 2 atom stereocenters. The van der Waals surface area contributed by atoms with Gasteiger partial charge in [0.15, 0.2) is 6.10 Å². The van der Waals surface area contributed by atoms with E-state index in [-0.39, 0.29) is 30.5 Å². The van der Waals surface area contributed by atoms with Gasteiger partial charge >= 0.3 is 0 Å². The van der Waals surface area contributed by atoms with Crippen LogP contribution < -0.4 is 4.74 Å². The number of carbonyl (C=O) groups excluding carboxylic acids is 2. The fourth-order valence-corrected chi connectivity index (χ4v) is 4.16. The van der Waals surface area contributed by atoms with Crippen LogP contribution in [0.2, 0.25) is 0 Å². The molecule has 1 saturated carbocycles. The molecule has 27 heavy (non-hydrogen) atoms. The summed E-state index contributed by atoms with van der Waals surface area (Å²) in [4.78, 5) is 29.7. The van der Waals surface area contributed by atoms with Crippen LogP contribution in [0.15, 0.2) is 24.3 Å². The number of carbonyl (C=O) groups is 2. The van der Waals surface area contributed by atoms with Crippen molar-refractivity contribution in [2.75, 3.05) is 26.8 Å². The summed E-state index contributed by atoms with van der Waals surface area (Å²) in [5, 5.41) is 0. The van der Waals surface area contributed by atoms with E-state index < -0.39 is 6.10 Å². The Kier molecular flexibility index (Phi) is 5.08. The first kappa shape index (κ1) is 18.3. The molecule has 6 nitrogen and oxygen atoms in total. The second-order valence-corrected chi connectivity index (χ2v) is 7.99. The Hall–Kier alpha value is -2.08. The number of rotatable bonds is 4. The smallest absolute Gasteiger partial charge is 0.254 e. The van der Waals surface area contributed by atoms with Crippen LogP contribution in [-0.4, -0.2) is 60.6 Å². The average molecular weight is 372 g/mol. The Labute approximate surface area is 160 Å². The number of nitrogens with zero attached hydrogens (tertiary/aromatic N) is 2. The fraction of sp³-hybridized carbons (Fsp3) is 0.619. The summed E-state index contributed by atoms with van der Waals surface area (Å²) in [5.41, 5.74) is 0.930. The molecule has 2 aliphatic heterocycles. The van der Waals surface area contributed by atoms with Crippen molar-refractivity contribution >= 4 is 11.8 Å². The number of ether oxygens (including phenoxy) is 2. The lowest BCUT2D eigenvalue weighted by Crippen LogP contribution is -2.56. The third kappa shape index (κ3) is 3.68. The van der Waals surface area contributed by atoms with Gasteiger partial charge in [-0.1, -0.05) is 19.1 Å². The zero-order valence-corrected chi connectivity index (χ0v) is 16.1. The van der Waals surface area contributed by atoms with Crippen molar-refractivity contribution < 1.29 is 19.1 Å². The Morgan fingerprint density at radius 1 is 1.11 bits per heavy atom. The Morgan fingerprint density at radius 2 is 1.78 bits per heavy atom. The van der Waals surface area contributed by atoms with Crippen molar-refractivity contribution in [3.05, 3.63) is 29.8 Å². The SMILES string of the molecule is COc1ccc(C2C(C(=O)N3CCC(C)CC3)OCC(=O)N2C2CC2)cc1. The largest absolute Gasteiger partial charge is 0.497 e. The van der Waals surface area contributed by atoms with Crippen LogP contribution in [0.4, 0.5) is 0 Å². The second kappa shape index (κ2) is 7.50. The summed E-state index contributed by atoms with van der Waals surface area (Å²) in [6.45, 7) is 3.76. The molecule has 2 amide bonds. The molecule has 146 valence electrons. The van der Waals surface area contributed by atoms with E-state index >= 15 is 0 Å². The van der Waals surface area contributed by atoms with E-state index in [4.69, 9.17) is 9.47 Å². The van der Waals surface area contributed by atoms with Gasteiger partial charge in [0.2, 0.25) is 5.91 Å². The van der Waals surface area contributed by atoms with Crippen molar-refractivity contribution in [1.29, 1.82) is 0 Å². The number of amides is 2. The summed E-state index contributed by atoms with van der Waals surface area (Å²) in [6.07, 6.45) is 3.42. The third-order valence-electron chi connectivity index (χ3n) is 6.00. The van der Waals surface area contributed by atoms with Crippen molar-refractivity contribution in [2.24, 2.45) is 5.92 Å². The molecule has 0 spiro atoms. The maximum absolute atomic E-state index is 13.3. The lowest BCUT2D eigenvalue weighted by Gasteiger charge is -2.43. The predicted molar refractivity (Wildman–Crippen MR) is 100 cm³/mol. The minimum atomic E-state index is -0.634. The minimum absolute atomic E-state index is 0.0101. The molecule has 0 radical (unpaired) electrons. The van der Waals surface area contributed by atoms with E-state index in [1.54, 1.807) is 7.11 Å². The van der Waals surface area contributed by atoms with Crippen LogP contribution in [0.5, 0.6) is 5.75 Å². The van der Waals surface area contributed by atoms with Crippen LogP contribution in [0, 0.1) is 5.92 Å². The van der Waals surface area contributed by atoms with Gasteiger partial charge in [0.1, 0.15) is 12.4 Å². The maximum atomic E-state index is 13.3. The summed E-state index contributed by atoms with van der Waals surface area (Å²) in [5.74, 6) is 1.41. The highest BCUT2D eigenvalue weighted by Crippen LogP contribution is 2.40. The molecule has 2 unspecified atom stereocenters. The number of piperidine rings is 1. The maximum Gasteiger partial charge on any atom is 0.254 e. The number of hydrogen-bond donors (Lipinski definition) is 0. The van der Waals surface area contributed by atoms with Gasteiger partial charge in [-0.25, -0.2) is 0 Å². The van der Waals surface area contributed by atoms with Gasteiger partial charge in [0, 0.05) is 19.1 Å². The zero-order chi connectivity index (χ0) is 19.0. The van der Waals surface area contributed by atoms with Crippen LogP contribution >= 0.6 is 0 Å². The van der Waals surface area contributed by atoms with Crippen LogP contribution in [-0.2, 0) is 14.3 Å². The summed E-state index contributed by atoms with van der Waals surface area (Å²) < 4.78 is 11.1. The van der Waals surface area contributed by atoms with Gasteiger partial charge in [-0.05, 0) is 49.3 Å². The van der Waals surface area contributed by atoms with E-state index in [1.807, 2.05) is 34.1 Å². The molecular formula is C21H28N2O4. The Bertz CT molecular complexity index is 693.